The van der Waals surface area contributed by atoms with Crippen molar-refractivity contribution in [1.82, 2.24) is 10.0 Å². The Morgan fingerprint density at radius 2 is 1.85 bits per heavy atom. The number of rotatable bonds is 2. The number of aliphatic imine (C=N–C) groups is 1. The minimum Gasteiger partial charge on any atom is -0.286 e. The summed E-state index contributed by atoms with van der Waals surface area (Å²) < 4.78 is 0. The van der Waals surface area contributed by atoms with Crippen molar-refractivity contribution in [3.05, 3.63) is 52.2 Å². The highest BCUT2D eigenvalue weighted by Gasteiger charge is 2.33. The third-order valence-electron chi connectivity index (χ3n) is 3.35. The maximum atomic E-state index is 4.76. The maximum absolute atomic E-state index is 4.76. The predicted molar refractivity (Wildman–Crippen MR) is 88.5 cm³/mol. The van der Waals surface area contributed by atoms with Crippen LogP contribution in [0.15, 0.2) is 46.8 Å². The fraction of sp³-hybridized carbons (Fsp3) is 0.267. The zero-order valence-corrected chi connectivity index (χ0v) is 13.4. The monoisotopic (exact) mass is 303 g/mol. The lowest BCUT2D eigenvalue weighted by molar-refractivity contribution is 0.108. The van der Waals surface area contributed by atoms with Gasteiger partial charge in [-0.05, 0) is 30.5 Å². The van der Waals surface area contributed by atoms with E-state index in [4.69, 9.17) is 4.99 Å². The number of hydrazine groups is 1. The number of hydrogen-bond acceptors (Lipinski definition) is 4. The van der Waals surface area contributed by atoms with Gasteiger partial charge in [0.1, 0.15) is 5.37 Å². The Balaban J connectivity index is 1.86. The molecule has 0 aliphatic carbocycles. The Hall–Kier alpha value is -1.30. The summed E-state index contributed by atoms with van der Waals surface area (Å²) >= 11 is 3.59. The van der Waals surface area contributed by atoms with Crippen LogP contribution in [0.4, 0.5) is 5.69 Å². The summed E-state index contributed by atoms with van der Waals surface area (Å²) in [5.74, 6) is 0. The lowest BCUT2D eigenvalue weighted by atomic mass is 10.2. The molecule has 1 aromatic heterocycles. The summed E-state index contributed by atoms with van der Waals surface area (Å²) in [5, 5.41) is 7.83. The lowest BCUT2D eigenvalue weighted by Gasteiger charge is -2.23. The standard InChI is InChI=1S/C15H17N3S2/c1-11-6-8-12(9-7-11)16-15-18(3)17(2)14(20-15)13-5-4-10-19-13/h4-10,14H,1-3H3. The molecule has 5 heteroatoms. The number of nitrogens with zero attached hydrogens (tertiary/aromatic N) is 3. The molecule has 20 heavy (non-hydrogen) atoms. The smallest absolute Gasteiger partial charge is 0.180 e. The highest BCUT2D eigenvalue weighted by Crippen LogP contribution is 2.42. The van der Waals surface area contributed by atoms with Crippen LogP contribution in [-0.2, 0) is 0 Å². The van der Waals surface area contributed by atoms with Crippen LogP contribution in [0, 0.1) is 6.92 Å². The van der Waals surface area contributed by atoms with Crippen molar-refractivity contribution < 1.29 is 0 Å². The molecule has 0 amide bonds. The van der Waals surface area contributed by atoms with Gasteiger partial charge in [0, 0.05) is 19.0 Å². The Kier molecular flexibility index (Phi) is 3.83. The van der Waals surface area contributed by atoms with Gasteiger partial charge >= 0.3 is 0 Å². The molecule has 0 bridgehead atoms. The maximum Gasteiger partial charge on any atom is 0.180 e. The van der Waals surface area contributed by atoms with Gasteiger partial charge in [-0.2, -0.15) is 0 Å². The van der Waals surface area contributed by atoms with E-state index in [1.54, 1.807) is 23.1 Å². The molecule has 3 rings (SSSR count). The molecule has 0 N–H and O–H groups in total. The molecule has 1 aliphatic heterocycles. The fourth-order valence-electron chi connectivity index (χ4n) is 2.05. The van der Waals surface area contributed by atoms with Crippen LogP contribution in [-0.4, -0.2) is 29.3 Å². The second kappa shape index (κ2) is 5.60. The molecule has 1 aliphatic rings. The van der Waals surface area contributed by atoms with E-state index in [1.165, 1.54) is 10.4 Å². The average molecular weight is 303 g/mol. The summed E-state index contributed by atoms with van der Waals surface area (Å²) in [6.45, 7) is 2.09. The third-order valence-corrected chi connectivity index (χ3v) is 5.77. The molecule has 0 saturated carbocycles. The van der Waals surface area contributed by atoms with Crippen LogP contribution in [0.2, 0.25) is 0 Å². The molecule has 0 radical (unpaired) electrons. The number of amidine groups is 1. The van der Waals surface area contributed by atoms with E-state index >= 15 is 0 Å². The van der Waals surface area contributed by atoms with Gasteiger partial charge in [-0.1, -0.05) is 35.5 Å². The van der Waals surface area contributed by atoms with Crippen molar-refractivity contribution in [2.75, 3.05) is 14.1 Å². The van der Waals surface area contributed by atoms with E-state index in [2.05, 4.69) is 72.8 Å². The van der Waals surface area contributed by atoms with Gasteiger partial charge in [-0.25, -0.2) is 10.0 Å². The van der Waals surface area contributed by atoms with Crippen LogP contribution in [0.1, 0.15) is 15.8 Å². The van der Waals surface area contributed by atoms with Gasteiger partial charge in [0.25, 0.3) is 0 Å². The molecule has 1 atom stereocenters. The first kappa shape index (κ1) is 13.7. The summed E-state index contributed by atoms with van der Waals surface area (Å²) in [6.07, 6.45) is 0. The van der Waals surface area contributed by atoms with Gasteiger partial charge in [0.15, 0.2) is 5.17 Å². The van der Waals surface area contributed by atoms with Gasteiger partial charge in [-0.3, -0.25) is 5.01 Å². The van der Waals surface area contributed by atoms with E-state index in [0.717, 1.165) is 10.9 Å². The van der Waals surface area contributed by atoms with Crippen molar-refractivity contribution in [2.24, 2.45) is 4.99 Å². The first-order valence-corrected chi connectivity index (χ1v) is 8.23. The second-order valence-electron chi connectivity index (χ2n) is 4.81. The topological polar surface area (TPSA) is 18.8 Å². The molecule has 0 spiro atoms. The lowest BCUT2D eigenvalue weighted by Crippen LogP contribution is -2.33. The van der Waals surface area contributed by atoms with Crippen molar-refractivity contribution in [1.29, 1.82) is 0 Å². The zero-order chi connectivity index (χ0) is 14.1. The molecule has 3 nitrogen and oxygen atoms in total. The van der Waals surface area contributed by atoms with Crippen molar-refractivity contribution in [3.63, 3.8) is 0 Å². The molecule has 1 saturated heterocycles. The van der Waals surface area contributed by atoms with Gasteiger partial charge < -0.3 is 0 Å². The molecule has 2 aromatic rings. The zero-order valence-electron chi connectivity index (χ0n) is 11.8. The first-order chi connectivity index (χ1) is 9.65. The molecule has 1 unspecified atom stereocenters. The quantitative estimate of drug-likeness (QED) is 0.825. The van der Waals surface area contributed by atoms with Crippen LogP contribution in [0.5, 0.6) is 0 Å². The molecule has 104 valence electrons. The van der Waals surface area contributed by atoms with E-state index < -0.39 is 0 Å². The van der Waals surface area contributed by atoms with Crippen LogP contribution in [0.25, 0.3) is 0 Å². The summed E-state index contributed by atoms with van der Waals surface area (Å²) in [5.41, 5.74) is 2.26. The minimum atomic E-state index is 0.323. The van der Waals surface area contributed by atoms with Crippen LogP contribution < -0.4 is 0 Å². The Morgan fingerprint density at radius 3 is 2.50 bits per heavy atom. The third kappa shape index (κ3) is 2.61. The number of thioether (sulfide) groups is 1. The SMILES string of the molecule is Cc1ccc(N=C2SC(c3cccs3)N(C)N2C)cc1. The average Bonchev–Trinajstić information content (AvgIpc) is 3.05. The Bertz CT molecular complexity index is 605. The van der Waals surface area contributed by atoms with Gasteiger partial charge in [-0.15, -0.1) is 11.3 Å². The van der Waals surface area contributed by atoms with Gasteiger partial charge in [0.2, 0.25) is 0 Å². The summed E-state index contributed by atoms with van der Waals surface area (Å²) in [7, 11) is 4.17. The number of benzene rings is 1. The van der Waals surface area contributed by atoms with Gasteiger partial charge in [0.05, 0.1) is 5.69 Å². The predicted octanol–water partition coefficient (Wildman–Crippen LogP) is 4.27. The number of aryl methyl sites for hydroxylation is 1. The second-order valence-corrected chi connectivity index (χ2v) is 6.84. The minimum absolute atomic E-state index is 0.323. The summed E-state index contributed by atoms with van der Waals surface area (Å²) in [4.78, 5) is 6.12. The van der Waals surface area contributed by atoms with E-state index in [-0.39, 0.29) is 0 Å². The van der Waals surface area contributed by atoms with E-state index in [0.29, 0.717) is 5.37 Å². The Morgan fingerprint density at radius 1 is 1.10 bits per heavy atom. The van der Waals surface area contributed by atoms with Crippen LogP contribution >= 0.6 is 23.1 Å². The fourth-order valence-corrected chi connectivity index (χ4v) is 4.23. The number of thiophene rings is 1. The highest BCUT2D eigenvalue weighted by atomic mass is 32.2. The number of hydrogen-bond donors (Lipinski definition) is 0. The van der Waals surface area contributed by atoms with Crippen molar-refractivity contribution in [3.8, 4) is 0 Å². The molecule has 1 fully saturated rings. The van der Waals surface area contributed by atoms with Crippen LogP contribution in [0.3, 0.4) is 0 Å². The summed E-state index contributed by atoms with van der Waals surface area (Å²) in [6, 6.07) is 12.6. The van der Waals surface area contributed by atoms with Crippen molar-refractivity contribution in [2.45, 2.75) is 12.3 Å². The van der Waals surface area contributed by atoms with Crippen molar-refractivity contribution >= 4 is 34.0 Å². The van der Waals surface area contributed by atoms with E-state index in [9.17, 15) is 0 Å². The largest absolute Gasteiger partial charge is 0.286 e. The molecular weight excluding hydrogens is 286 g/mol. The highest BCUT2D eigenvalue weighted by molar-refractivity contribution is 8.14. The van der Waals surface area contributed by atoms with E-state index in [1.807, 2.05) is 0 Å². The molecule has 2 heterocycles. The molecular formula is C15H17N3S2. The Labute approximate surface area is 127 Å². The molecule has 1 aromatic carbocycles. The normalized spacial score (nSPS) is 21.9. The first-order valence-electron chi connectivity index (χ1n) is 6.47.